The Morgan fingerprint density at radius 3 is 2.96 bits per heavy atom. The normalized spacial score (nSPS) is 26.5. The van der Waals surface area contributed by atoms with Gasteiger partial charge in [0.15, 0.2) is 0 Å². The minimum atomic E-state index is -0.509. The highest BCUT2D eigenvalue weighted by Crippen LogP contribution is 2.24. The van der Waals surface area contributed by atoms with Crippen molar-refractivity contribution in [2.24, 2.45) is 0 Å². The van der Waals surface area contributed by atoms with E-state index >= 15 is 0 Å². The molecule has 2 amide bonds. The smallest absolute Gasteiger partial charge is 0.246 e. The summed E-state index contributed by atoms with van der Waals surface area (Å²) in [6.45, 7) is 3.88. The molecule has 3 atom stereocenters. The molecule has 0 unspecified atom stereocenters. The average molecular weight is 380 g/mol. The van der Waals surface area contributed by atoms with Gasteiger partial charge in [-0.25, -0.2) is 4.39 Å². The van der Waals surface area contributed by atoms with E-state index in [0.717, 1.165) is 12.8 Å². The summed E-state index contributed by atoms with van der Waals surface area (Å²) in [6.07, 6.45) is 2.30. The Balaban J connectivity index is 1.55. The van der Waals surface area contributed by atoms with Gasteiger partial charge < -0.3 is 15.0 Å². The van der Waals surface area contributed by atoms with Gasteiger partial charge in [0.25, 0.3) is 0 Å². The first-order valence-corrected chi connectivity index (χ1v) is 10.2. The summed E-state index contributed by atoms with van der Waals surface area (Å²) in [6, 6.07) is 5.99. The molecule has 0 aromatic heterocycles. The van der Waals surface area contributed by atoms with Crippen LogP contribution in [0.25, 0.3) is 0 Å². The van der Waals surface area contributed by atoms with Crippen molar-refractivity contribution in [1.82, 2.24) is 10.2 Å². The monoisotopic (exact) mass is 380 g/mol. The molecule has 1 aromatic rings. The Labute approximate surface area is 157 Å². The zero-order chi connectivity index (χ0) is 18.5. The number of nitrogens with zero attached hydrogens (tertiary/aromatic N) is 1. The fourth-order valence-corrected chi connectivity index (χ4v) is 4.64. The van der Waals surface area contributed by atoms with Crippen LogP contribution in [0.1, 0.15) is 25.3 Å². The maximum atomic E-state index is 13.8. The summed E-state index contributed by atoms with van der Waals surface area (Å²) in [5.41, 5.74) is 0.528. The summed E-state index contributed by atoms with van der Waals surface area (Å²) < 4.78 is 19.4. The molecule has 7 heteroatoms. The summed E-state index contributed by atoms with van der Waals surface area (Å²) in [5.74, 6) is -0.0188. The Morgan fingerprint density at radius 2 is 2.23 bits per heavy atom. The van der Waals surface area contributed by atoms with E-state index in [4.69, 9.17) is 4.74 Å². The van der Waals surface area contributed by atoms with Crippen molar-refractivity contribution < 1.29 is 18.7 Å². The molecule has 5 nitrogen and oxygen atoms in total. The van der Waals surface area contributed by atoms with Crippen molar-refractivity contribution >= 4 is 23.6 Å². The highest BCUT2D eigenvalue weighted by atomic mass is 32.2. The molecule has 2 saturated heterocycles. The van der Waals surface area contributed by atoms with Crippen molar-refractivity contribution in [2.45, 2.75) is 43.6 Å². The van der Waals surface area contributed by atoms with Crippen LogP contribution in [0.2, 0.25) is 0 Å². The van der Waals surface area contributed by atoms with Crippen LogP contribution in [0.15, 0.2) is 24.3 Å². The molecule has 2 fully saturated rings. The molecule has 2 heterocycles. The third kappa shape index (κ3) is 4.57. The van der Waals surface area contributed by atoms with Gasteiger partial charge in [0.1, 0.15) is 11.9 Å². The number of halogens is 1. The van der Waals surface area contributed by atoms with Crippen LogP contribution >= 0.6 is 11.8 Å². The van der Waals surface area contributed by atoms with E-state index in [1.54, 1.807) is 23.1 Å². The van der Waals surface area contributed by atoms with E-state index in [1.807, 2.05) is 6.92 Å². The Bertz CT molecular complexity index is 655. The molecule has 3 rings (SSSR count). The molecule has 0 spiro atoms. The predicted octanol–water partition coefficient (Wildman–Crippen LogP) is 2.00. The number of rotatable bonds is 5. The predicted molar refractivity (Wildman–Crippen MR) is 99.5 cm³/mol. The van der Waals surface area contributed by atoms with Crippen LogP contribution in [-0.4, -0.2) is 59.6 Å². The van der Waals surface area contributed by atoms with Crippen LogP contribution in [0, 0.1) is 5.82 Å². The second kappa shape index (κ2) is 8.86. The van der Waals surface area contributed by atoms with Gasteiger partial charge in [-0.1, -0.05) is 18.2 Å². The standard InChI is InChI=1S/C19H25FN2O3S/c1-2-25-14-7-5-9-22(11-14)19(24)16-12-26-17(18(23)21-16)10-13-6-3-4-8-15(13)20/h3-4,6,8,14,16-17H,2,5,7,9-12H2,1H3,(H,21,23)/t14-,16+,17-/m1/s1. The summed E-state index contributed by atoms with van der Waals surface area (Å²) in [5, 5.41) is 2.47. The molecule has 0 radical (unpaired) electrons. The summed E-state index contributed by atoms with van der Waals surface area (Å²) in [7, 11) is 0. The average Bonchev–Trinajstić information content (AvgIpc) is 2.65. The van der Waals surface area contributed by atoms with Crippen LogP contribution in [-0.2, 0) is 20.7 Å². The molecule has 26 heavy (non-hydrogen) atoms. The number of piperidine rings is 1. The zero-order valence-electron chi connectivity index (χ0n) is 14.9. The van der Waals surface area contributed by atoms with Gasteiger partial charge in [-0.3, -0.25) is 9.59 Å². The molecule has 1 aromatic carbocycles. The number of nitrogens with one attached hydrogen (secondary N) is 1. The van der Waals surface area contributed by atoms with Gasteiger partial charge in [-0.2, -0.15) is 0 Å². The van der Waals surface area contributed by atoms with E-state index in [-0.39, 0.29) is 29.0 Å². The molecule has 0 aliphatic carbocycles. The number of amides is 2. The van der Waals surface area contributed by atoms with E-state index < -0.39 is 6.04 Å². The van der Waals surface area contributed by atoms with Crippen LogP contribution < -0.4 is 5.32 Å². The van der Waals surface area contributed by atoms with Gasteiger partial charge in [-0.15, -0.1) is 11.8 Å². The minimum Gasteiger partial charge on any atom is -0.377 e. The van der Waals surface area contributed by atoms with Crippen molar-refractivity contribution in [3.63, 3.8) is 0 Å². The van der Waals surface area contributed by atoms with Gasteiger partial charge in [0.05, 0.1) is 11.4 Å². The molecular formula is C19H25FN2O3S. The highest BCUT2D eigenvalue weighted by Gasteiger charge is 2.36. The highest BCUT2D eigenvalue weighted by molar-refractivity contribution is 8.00. The lowest BCUT2D eigenvalue weighted by molar-refractivity contribution is -0.139. The number of ether oxygens (including phenoxy) is 1. The van der Waals surface area contributed by atoms with Gasteiger partial charge >= 0.3 is 0 Å². The topological polar surface area (TPSA) is 58.6 Å². The Morgan fingerprint density at radius 1 is 1.42 bits per heavy atom. The Hall–Kier alpha value is -1.60. The molecule has 2 aliphatic rings. The summed E-state index contributed by atoms with van der Waals surface area (Å²) in [4.78, 5) is 27.0. The third-order valence-corrected chi connectivity index (χ3v) is 6.14. The van der Waals surface area contributed by atoms with Gasteiger partial charge in [0.2, 0.25) is 11.8 Å². The lowest BCUT2D eigenvalue weighted by Crippen LogP contribution is -2.57. The quantitative estimate of drug-likeness (QED) is 0.849. The number of hydrogen-bond donors (Lipinski definition) is 1. The van der Waals surface area contributed by atoms with E-state index in [0.29, 0.717) is 37.4 Å². The van der Waals surface area contributed by atoms with E-state index in [1.165, 1.54) is 17.8 Å². The second-order valence-electron chi connectivity index (χ2n) is 6.68. The first-order chi connectivity index (χ1) is 12.6. The third-order valence-electron chi connectivity index (χ3n) is 4.83. The first kappa shape index (κ1) is 19.2. The Kier molecular flexibility index (Phi) is 6.53. The lowest BCUT2D eigenvalue weighted by atomic mass is 10.1. The number of likely N-dealkylation sites (tertiary alicyclic amines) is 1. The number of carbonyl (C=O) groups is 2. The number of carbonyl (C=O) groups excluding carboxylic acids is 2. The van der Waals surface area contributed by atoms with Crippen LogP contribution in [0.5, 0.6) is 0 Å². The maximum absolute atomic E-state index is 13.8. The second-order valence-corrected chi connectivity index (χ2v) is 7.92. The first-order valence-electron chi connectivity index (χ1n) is 9.14. The number of benzene rings is 1. The molecule has 1 N–H and O–H groups in total. The zero-order valence-corrected chi connectivity index (χ0v) is 15.8. The van der Waals surface area contributed by atoms with Crippen molar-refractivity contribution in [1.29, 1.82) is 0 Å². The molecular weight excluding hydrogens is 355 g/mol. The molecule has 2 aliphatic heterocycles. The van der Waals surface area contributed by atoms with Crippen molar-refractivity contribution in [2.75, 3.05) is 25.4 Å². The van der Waals surface area contributed by atoms with E-state index in [2.05, 4.69) is 5.32 Å². The molecule has 0 saturated carbocycles. The van der Waals surface area contributed by atoms with Crippen LogP contribution in [0.4, 0.5) is 4.39 Å². The lowest BCUT2D eigenvalue weighted by Gasteiger charge is -2.36. The largest absolute Gasteiger partial charge is 0.377 e. The summed E-state index contributed by atoms with van der Waals surface area (Å²) >= 11 is 1.43. The van der Waals surface area contributed by atoms with Gasteiger partial charge in [-0.05, 0) is 37.8 Å². The molecule has 0 bridgehead atoms. The van der Waals surface area contributed by atoms with Crippen molar-refractivity contribution in [3.05, 3.63) is 35.6 Å². The fraction of sp³-hybridized carbons (Fsp3) is 0.579. The number of hydrogen-bond acceptors (Lipinski definition) is 4. The van der Waals surface area contributed by atoms with Crippen LogP contribution in [0.3, 0.4) is 0 Å². The van der Waals surface area contributed by atoms with Crippen molar-refractivity contribution in [3.8, 4) is 0 Å². The fourth-order valence-electron chi connectivity index (χ4n) is 3.47. The number of thioether (sulfide) groups is 1. The molecule has 142 valence electrons. The minimum absolute atomic E-state index is 0.0420. The van der Waals surface area contributed by atoms with Gasteiger partial charge in [0, 0.05) is 25.4 Å². The maximum Gasteiger partial charge on any atom is 0.246 e. The van der Waals surface area contributed by atoms with E-state index in [9.17, 15) is 14.0 Å². The SMILES string of the molecule is CCO[C@@H]1CCCN(C(=O)[C@@H]2CS[C@H](Cc3ccccc3F)C(=O)N2)C1.